The highest BCUT2D eigenvalue weighted by atomic mass is 35.5. The molecule has 23 heavy (non-hydrogen) atoms. The molecule has 0 radical (unpaired) electrons. The Labute approximate surface area is 141 Å². The lowest BCUT2D eigenvalue weighted by Gasteiger charge is -2.08. The van der Waals surface area contributed by atoms with Gasteiger partial charge in [0.2, 0.25) is 0 Å². The zero-order chi connectivity index (χ0) is 16.2. The summed E-state index contributed by atoms with van der Waals surface area (Å²) in [7, 11) is 0. The summed E-state index contributed by atoms with van der Waals surface area (Å²) in [5, 5.41) is 12.8. The Balaban J connectivity index is 1.62. The Morgan fingerprint density at radius 1 is 1.48 bits per heavy atom. The molecule has 0 saturated carbocycles. The SMILES string of the molecule is Cc1cc(OCC(=O)Nc2cn[nH]c2-c2nccs2)ccc1Cl. The van der Waals surface area contributed by atoms with E-state index in [1.54, 1.807) is 30.6 Å². The van der Waals surface area contributed by atoms with Crippen LogP contribution in [-0.4, -0.2) is 27.7 Å². The summed E-state index contributed by atoms with van der Waals surface area (Å²) in [5.41, 5.74) is 2.14. The molecular weight excluding hydrogens is 336 g/mol. The van der Waals surface area contributed by atoms with Crippen molar-refractivity contribution < 1.29 is 9.53 Å². The highest BCUT2D eigenvalue weighted by Crippen LogP contribution is 2.27. The molecule has 118 valence electrons. The maximum absolute atomic E-state index is 12.0. The van der Waals surface area contributed by atoms with Crippen molar-refractivity contribution in [2.24, 2.45) is 0 Å². The van der Waals surface area contributed by atoms with E-state index in [1.165, 1.54) is 11.3 Å². The van der Waals surface area contributed by atoms with Crippen LogP contribution in [0.2, 0.25) is 5.02 Å². The largest absolute Gasteiger partial charge is 0.484 e. The summed E-state index contributed by atoms with van der Waals surface area (Å²) in [6.07, 6.45) is 3.24. The monoisotopic (exact) mass is 348 g/mol. The molecule has 0 aliphatic heterocycles. The van der Waals surface area contributed by atoms with Gasteiger partial charge in [-0.25, -0.2) is 4.98 Å². The molecule has 3 aromatic rings. The van der Waals surface area contributed by atoms with Crippen molar-refractivity contribution in [3.63, 3.8) is 0 Å². The molecule has 2 N–H and O–H groups in total. The van der Waals surface area contributed by atoms with Gasteiger partial charge in [0.1, 0.15) is 16.5 Å². The number of carbonyl (C=O) groups is 1. The van der Waals surface area contributed by atoms with Gasteiger partial charge in [-0.3, -0.25) is 9.89 Å². The number of aromatic nitrogens is 3. The standard InChI is InChI=1S/C15H13ClN4O2S/c1-9-6-10(2-3-11(9)16)22-8-13(21)19-12-7-18-20-14(12)15-17-4-5-23-15/h2-7H,8H2,1H3,(H,18,20)(H,19,21). The number of carbonyl (C=O) groups excluding carboxylic acids is 1. The van der Waals surface area contributed by atoms with E-state index in [4.69, 9.17) is 16.3 Å². The van der Waals surface area contributed by atoms with Gasteiger partial charge in [-0.2, -0.15) is 5.10 Å². The lowest BCUT2D eigenvalue weighted by molar-refractivity contribution is -0.118. The number of nitrogens with one attached hydrogen (secondary N) is 2. The highest BCUT2D eigenvalue weighted by Gasteiger charge is 2.13. The number of amides is 1. The number of nitrogens with zero attached hydrogens (tertiary/aromatic N) is 2. The van der Waals surface area contributed by atoms with Gasteiger partial charge in [-0.1, -0.05) is 11.6 Å². The molecule has 0 aliphatic carbocycles. The number of hydrogen-bond donors (Lipinski definition) is 2. The van der Waals surface area contributed by atoms with Crippen molar-refractivity contribution in [3.8, 4) is 16.5 Å². The zero-order valence-corrected chi connectivity index (χ0v) is 13.7. The summed E-state index contributed by atoms with van der Waals surface area (Å²) in [5.74, 6) is 0.311. The first-order valence-corrected chi connectivity index (χ1v) is 8.01. The highest BCUT2D eigenvalue weighted by molar-refractivity contribution is 7.13. The van der Waals surface area contributed by atoms with Crippen LogP contribution in [0.3, 0.4) is 0 Å². The molecule has 0 bridgehead atoms. The second-order valence-electron chi connectivity index (χ2n) is 4.74. The van der Waals surface area contributed by atoms with Gasteiger partial charge in [0, 0.05) is 16.6 Å². The number of ether oxygens (including phenoxy) is 1. The van der Waals surface area contributed by atoms with E-state index >= 15 is 0 Å². The number of aryl methyl sites for hydroxylation is 1. The molecule has 6 nitrogen and oxygen atoms in total. The van der Waals surface area contributed by atoms with Crippen LogP contribution < -0.4 is 10.1 Å². The Morgan fingerprint density at radius 2 is 2.35 bits per heavy atom. The Kier molecular flexibility index (Phi) is 4.59. The third-order valence-electron chi connectivity index (χ3n) is 3.06. The van der Waals surface area contributed by atoms with Crippen LogP contribution in [-0.2, 0) is 4.79 Å². The molecular formula is C15H13ClN4O2S. The summed E-state index contributed by atoms with van der Waals surface area (Å²) in [6, 6.07) is 5.25. The Bertz CT molecular complexity index is 817. The number of halogens is 1. The predicted molar refractivity (Wildman–Crippen MR) is 90.0 cm³/mol. The van der Waals surface area contributed by atoms with Gasteiger partial charge in [-0.05, 0) is 30.7 Å². The van der Waals surface area contributed by atoms with E-state index in [0.29, 0.717) is 22.2 Å². The second kappa shape index (κ2) is 6.80. The lowest BCUT2D eigenvalue weighted by Crippen LogP contribution is -2.20. The van der Waals surface area contributed by atoms with E-state index < -0.39 is 0 Å². The number of hydrogen-bond acceptors (Lipinski definition) is 5. The van der Waals surface area contributed by atoms with Crippen LogP contribution in [0, 0.1) is 6.92 Å². The number of thiazole rings is 1. The van der Waals surface area contributed by atoms with Gasteiger partial charge in [0.05, 0.1) is 11.9 Å². The van der Waals surface area contributed by atoms with Gasteiger partial charge in [0.15, 0.2) is 6.61 Å². The average Bonchev–Trinajstić information content (AvgIpc) is 3.19. The fraction of sp³-hybridized carbons (Fsp3) is 0.133. The summed E-state index contributed by atoms with van der Waals surface area (Å²) in [6.45, 7) is 1.77. The van der Waals surface area contributed by atoms with Crippen molar-refractivity contribution >= 4 is 34.5 Å². The first-order chi connectivity index (χ1) is 11.1. The number of H-pyrrole nitrogens is 1. The molecule has 0 aliphatic rings. The molecule has 2 aromatic heterocycles. The molecule has 0 saturated heterocycles. The van der Waals surface area contributed by atoms with Gasteiger partial charge in [0.25, 0.3) is 5.91 Å². The minimum absolute atomic E-state index is 0.108. The van der Waals surface area contributed by atoms with E-state index in [1.807, 2.05) is 12.3 Å². The number of aromatic amines is 1. The third kappa shape index (κ3) is 3.69. The van der Waals surface area contributed by atoms with Crippen molar-refractivity contribution in [1.29, 1.82) is 0 Å². The summed E-state index contributed by atoms with van der Waals surface area (Å²) < 4.78 is 5.47. The van der Waals surface area contributed by atoms with Gasteiger partial charge >= 0.3 is 0 Å². The maximum Gasteiger partial charge on any atom is 0.262 e. The van der Waals surface area contributed by atoms with Crippen LogP contribution in [0.25, 0.3) is 10.7 Å². The molecule has 0 atom stereocenters. The number of benzene rings is 1. The quantitative estimate of drug-likeness (QED) is 0.739. The molecule has 3 rings (SSSR count). The normalized spacial score (nSPS) is 10.5. The first kappa shape index (κ1) is 15.5. The van der Waals surface area contributed by atoms with Crippen molar-refractivity contribution in [1.82, 2.24) is 15.2 Å². The third-order valence-corrected chi connectivity index (χ3v) is 4.27. The lowest BCUT2D eigenvalue weighted by atomic mass is 10.2. The van der Waals surface area contributed by atoms with E-state index in [9.17, 15) is 4.79 Å². The van der Waals surface area contributed by atoms with Crippen molar-refractivity contribution in [2.45, 2.75) is 6.92 Å². The Hall–Kier alpha value is -2.38. The average molecular weight is 349 g/mol. The minimum atomic E-state index is -0.281. The van der Waals surface area contributed by atoms with E-state index in [2.05, 4.69) is 20.5 Å². The molecule has 1 amide bonds. The Morgan fingerprint density at radius 3 is 3.09 bits per heavy atom. The van der Waals surface area contributed by atoms with Crippen LogP contribution in [0.4, 0.5) is 5.69 Å². The fourth-order valence-corrected chi connectivity index (χ4v) is 2.70. The topological polar surface area (TPSA) is 79.9 Å². The molecule has 0 spiro atoms. The maximum atomic E-state index is 12.0. The number of rotatable bonds is 5. The molecule has 1 aromatic carbocycles. The predicted octanol–water partition coefficient (Wildman–Crippen LogP) is 3.51. The second-order valence-corrected chi connectivity index (χ2v) is 6.05. The summed E-state index contributed by atoms with van der Waals surface area (Å²) in [4.78, 5) is 16.2. The van der Waals surface area contributed by atoms with E-state index in [-0.39, 0.29) is 12.5 Å². The minimum Gasteiger partial charge on any atom is -0.484 e. The van der Waals surface area contributed by atoms with Crippen LogP contribution in [0.15, 0.2) is 36.0 Å². The van der Waals surface area contributed by atoms with Crippen LogP contribution in [0.1, 0.15) is 5.56 Å². The van der Waals surface area contributed by atoms with Crippen LogP contribution >= 0.6 is 22.9 Å². The van der Waals surface area contributed by atoms with Gasteiger partial charge < -0.3 is 10.1 Å². The molecule has 0 unspecified atom stereocenters. The fourth-order valence-electron chi connectivity index (χ4n) is 1.93. The molecule has 0 fully saturated rings. The van der Waals surface area contributed by atoms with E-state index in [0.717, 1.165) is 10.6 Å². The molecule has 8 heteroatoms. The molecule has 2 heterocycles. The summed E-state index contributed by atoms with van der Waals surface area (Å²) >= 11 is 7.41. The smallest absolute Gasteiger partial charge is 0.262 e. The number of anilines is 1. The van der Waals surface area contributed by atoms with Crippen LogP contribution in [0.5, 0.6) is 5.75 Å². The zero-order valence-electron chi connectivity index (χ0n) is 12.2. The van der Waals surface area contributed by atoms with Gasteiger partial charge in [-0.15, -0.1) is 11.3 Å². The van der Waals surface area contributed by atoms with Crippen molar-refractivity contribution in [2.75, 3.05) is 11.9 Å². The van der Waals surface area contributed by atoms with Crippen molar-refractivity contribution in [3.05, 3.63) is 46.6 Å². The first-order valence-electron chi connectivity index (χ1n) is 6.75.